The number of hydrogen-bond donors (Lipinski definition) is 3. The zero-order chi connectivity index (χ0) is 27.2. The molecule has 38 heavy (non-hydrogen) atoms. The zero-order valence-corrected chi connectivity index (χ0v) is 24.3. The minimum absolute atomic E-state index is 0.0475. The highest BCUT2D eigenvalue weighted by molar-refractivity contribution is 7.99. The van der Waals surface area contributed by atoms with Crippen LogP contribution in [0.1, 0.15) is 56.7 Å². The van der Waals surface area contributed by atoms with Crippen molar-refractivity contribution in [3.63, 3.8) is 0 Å². The highest BCUT2D eigenvalue weighted by Crippen LogP contribution is 2.50. The van der Waals surface area contributed by atoms with Gasteiger partial charge in [0.15, 0.2) is 5.82 Å². The van der Waals surface area contributed by atoms with Crippen molar-refractivity contribution in [2.75, 3.05) is 23.7 Å². The molecule has 0 aliphatic carbocycles. The first kappa shape index (κ1) is 27.5. The average molecular weight is 577 g/mol. The molecular formula is C25H33ClN8O2S2. The van der Waals surface area contributed by atoms with Gasteiger partial charge in [0.05, 0.1) is 23.0 Å². The van der Waals surface area contributed by atoms with Gasteiger partial charge < -0.3 is 20.3 Å². The molecule has 3 aromatic rings. The normalized spacial score (nSPS) is 19.7. The van der Waals surface area contributed by atoms with Gasteiger partial charge in [0, 0.05) is 53.7 Å². The SMILES string of the molecule is Cc1nc(N2CCC3(CC2)Cn2nccc2[C@H]3N[S+]([O-])C(C)(C)C)c(CO)nc1Sc1ccnc(N)c1Cl. The van der Waals surface area contributed by atoms with Crippen molar-refractivity contribution < 1.29 is 9.66 Å². The Balaban J connectivity index is 1.36. The molecule has 1 saturated heterocycles. The molecule has 0 amide bonds. The fourth-order valence-electron chi connectivity index (χ4n) is 5.11. The lowest BCUT2D eigenvalue weighted by Crippen LogP contribution is -2.50. The number of rotatable bonds is 6. The van der Waals surface area contributed by atoms with Crippen LogP contribution in [0, 0.1) is 12.3 Å². The number of nitrogen functional groups attached to an aromatic ring is 1. The average Bonchev–Trinajstić information content (AvgIpc) is 3.43. The molecule has 2 aliphatic heterocycles. The van der Waals surface area contributed by atoms with Crippen LogP contribution < -0.4 is 15.4 Å². The molecule has 0 saturated carbocycles. The number of pyridine rings is 1. The molecule has 204 valence electrons. The van der Waals surface area contributed by atoms with Crippen molar-refractivity contribution in [2.24, 2.45) is 5.41 Å². The summed E-state index contributed by atoms with van der Waals surface area (Å²) in [6.07, 6.45) is 5.14. The first-order chi connectivity index (χ1) is 18.0. The summed E-state index contributed by atoms with van der Waals surface area (Å²) in [5.74, 6) is 0.958. The van der Waals surface area contributed by atoms with E-state index in [1.54, 1.807) is 12.3 Å². The maximum Gasteiger partial charge on any atom is 0.153 e. The Bertz CT molecular complexity index is 1320. The number of fused-ring (bicyclic) bond motifs is 1. The molecule has 1 spiro atoms. The predicted molar refractivity (Wildman–Crippen MR) is 150 cm³/mol. The molecule has 0 aromatic carbocycles. The molecule has 4 N–H and O–H groups in total. The fourth-order valence-corrected chi connectivity index (χ4v) is 7.15. The molecule has 0 radical (unpaired) electrons. The molecule has 2 aliphatic rings. The van der Waals surface area contributed by atoms with E-state index in [4.69, 9.17) is 27.3 Å². The zero-order valence-electron chi connectivity index (χ0n) is 21.9. The number of halogens is 1. The van der Waals surface area contributed by atoms with Crippen molar-refractivity contribution in [2.45, 2.75) is 74.4 Å². The molecule has 2 atom stereocenters. The van der Waals surface area contributed by atoms with Crippen molar-refractivity contribution in [1.29, 1.82) is 0 Å². The molecule has 0 bridgehead atoms. The summed E-state index contributed by atoms with van der Waals surface area (Å²) in [6, 6.07) is 3.76. The lowest BCUT2D eigenvalue weighted by Gasteiger charge is -2.43. The van der Waals surface area contributed by atoms with E-state index in [0.29, 0.717) is 21.6 Å². The van der Waals surface area contributed by atoms with Crippen molar-refractivity contribution in [3.8, 4) is 0 Å². The van der Waals surface area contributed by atoms with Gasteiger partial charge in [0.1, 0.15) is 27.3 Å². The summed E-state index contributed by atoms with van der Waals surface area (Å²) >= 11 is 6.48. The van der Waals surface area contributed by atoms with E-state index in [9.17, 15) is 9.66 Å². The summed E-state index contributed by atoms with van der Waals surface area (Å²) in [6.45, 7) is 9.88. The third-order valence-corrected chi connectivity index (χ3v) is 10.5. The van der Waals surface area contributed by atoms with Gasteiger partial charge in [-0.15, -0.1) is 4.72 Å². The Morgan fingerprint density at radius 2 is 2.00 bits per heavy atom. The van der Waals surface area contributed by atoms with Crippen LogP contribution in [0.5, 0.6) is 0 Å². The topological polar surface area (TPSA) is 141 Å². The van der Waals surface area contributed by atoms with E-state index in [0.717, 1.165) is 48.8 Å². The Kier molecular flexibility index (Phi) is 7.57. The first-order valence-corrected chi connectivity index (χ1v) is 14.9. The van der Waals surface area contributed by atoms with E-state index in [2.05, 4.69) is 19.7 Å². The van der Waals surface area contributed by atoms with E-state index < -0.39 is 11.4 Å². The Hall–Kier alpha value is -2.09. The van der Waals surface area contributed by atoms with Crippen LogP contribution in [0.15, 0.2) is 34.4 Å². The summed E-state index contributed by atoms with van der Waals surface area (Å²) < 4.78 is 18.2. The Morgan fingerprint density at radius 3 is 2.68 bits per heavy atom. The quantitative estimate of drug-likeness (QED) is 0.372. The second-order valence-electron chi connectivity index (χ2n) is 10.8. The summed E-state index contributed by atoms with van der Waals surface area (Å²) in [7, 11) is 0. The van der Waals surface area contributed by atoms with Crippen LogP contribution in [-0.4, -0.2) is 52.2 Å². The molecule has 5 heterocycles. The number of aromatic nitrogens is 5. The maximum atomic E-state index is 13.1. The second-order valence-corrected chi connectivity index (χ2v) is 14.3. The van der Waals surface area contributed by atoms with Gasteiger partial charge in [-0.2, -0.15) is 5.10 Å². The van der Waals surface area contributed by atoms with Gasteiger partial charge >= 0.3 is 0 Å². The number of aryl methyl sites for hydroxylation is 1. The van der Waals surface area contributed by atoms with E-state index in [1.165, 1.54) is 11.8 Å². The smallest absolute Gasteiger partial charge is 0.153 e. The van der Waals surface area contributed by atoms with E-state index >= 15 is 0 Å². The van der Waals surface area contributed by atoms with Crippen molar-refractivity contribution in [1.82, 2.24) is 29.5 Å². The van der Waals surface area contributed by atoms with Crippen LogP contribution in [-0.2, 0) is 24.5 Å². The largest absolute Gasteiger partial charge is 0.598 e. The van der Waals surface area contributed by atoms with Gasteiger partial charge in [0.2, 0.25) is 0 Å². The van der Waals surface area contributed by atoms with Crippen molar-refractivity contribution >= 4 is 46.4 Å². The maximum absolute atomic E-state index is 13.1. The summed E-state index contributed by atoms with van der Waals surface area (Å²) in [5, 5.41) is 15.8. The van der Waals surface area contributed by atoms with Gasteiger partial charge in [-0.05, 0) is 52.7 Å². The number of piperidine rings is 1. The first-order valence-electron chi connectivity index (χ1n) is 12.5. The van der Waals surface area contributed by atoms with Crippen LogP contribution in [0.25, 0.3) is 0 Å². The lowest BCUT2D eigenvalue weighted by atomic mass is 9.73. The van der Waals surface area contributed by atoms with E-state index in [-0.39, 0.29) is 28.6 Å². The van der Waals surface area contributed by atoms with E-state index in [1.807, 2.05) is 44.6 Å². The monoisotopic (exact) mass is 576 g/mol. The van der Waals surface area contributed by atoms with Gasteiger partial charge in [-0.1, -0.05) is 23.4 Å². The highest BCUT2D eigenvalue weighted by atomic mass is 35.5. The Morgan fingerprint density at radius 1 is 1.26 bits per heavy atom. The Labute approximate surface area is 235 Å². The predicted octanol–water partition coefficient (Wildman–Crippen LogP) is 3.65. The summed E-state index contributed by atoms with van der Waals surface area (Å²) in [4.78, 5) is 16.6. The molecule has 1 fully saturated rings. The van der Waals surface area contributed by atoms with Gasteiger partial charge in [0.25, 0.3) is 0 Å². The number of aliphatic hydroxyl groups excluding tert-OH is 1. The van der Waals surface area contributed by atoms with Gasteiger partial charge in [-0.3, -0.25) is 4.68 Å². The molecule has 10 nitrogen and oxygen atoms in total. The van der Waals surface area contributed by atoms with Gasteiger partial charge in [-0.25, -0.2) is 15.0 Å². The molecule has 1 unspecified atom stereocenters. The standard InChI is InChI=1S/C25H33ClN8O2S2/c1-15-23(37-18-6-9-28-21(27)19(18)26)31-16(13-35)22(30-15)33-11-7-25(8-12-33)14-34-17(5-10-29-34)20(25)32-38(36)24(2,3)4/h5-6,9-10,20,32,35H,7-8,11-14H2,1-4H3,(H2,27,28)/t20-,38?/m1/s1. The van der Waals surface area contributed by atoms with Crippen LogP contribution in [0.4, 0.5) is 11.6 Å². The fraction of sp³-hybridized carbons (Fsp3) is 0.520. The molecule has 5 rings (SSSR count). The third-order valence-electron chi connectivity index (χ3n) is 7.28. The minimum atomic E-state index is -1.21. The van der Waals surface area contributed by atoms with Crippen LogP contribution >= 0.6 is 23.4 Å². The third kappa shape index (κ3) is 5.09. The summed E-state index contributed by atoms with van der Waals surface area (Å²) in [5.41, 5.74) is 8.10. The highest BCUT2D eigenvalue weighted by Gasteiger charge is 2.51. The lowest BCUT2D eigenvalue weighted by molar-refractivity contribution is 0.160. The number of nitrogens with two attached hydrogens (primary N) is 1. The van der Waals surface area contributed by atoms with Crippen LogP contribution in [0.3, 0.4) is 0 Å². The number of hydrogen-bond acceptors (Lipinski definition) is 10. The number of anilines is 2. The molecule has 3 aromatic heterocycles. The molecule has 13 heteroatoms. The number of nitrogens with one attached hydrogen (secondary N) is 1. The number of aliphatic hydroxyl groups is 1. The number of nitrogens with zero attached hydrogens (tertiary/aromatic N) is 6. The molecular weight excluding hydrogens is 544 g/mol. The second kappa shape index (κ2) is 10.5. The van der Waals surface area contributed by atoms with Crippen LogP contribution in [0.2, 0.25) is 5.02 Å². The minimum Gasteiger partial charge on any atom is -0.598 e. The van der Waals surface area contributed by atoms with Crippen molar-refractivity contribution in [3.05, 3.63) is 46.6 Å².